The van der Waals surface area contributed by atoms with Gasteiger partial charge in [0.05, 0.1) is 22.7 Å². The average Bonchev–Trinajstić information content (AvgIpc) is 3.38. The summed E-state index contributed by atoms with van der Waals surface area (Å²) < 4.78 is 29.0. The molecule has 1 aliphatic heterocycles. The van der Waals surface area contributed by atoms with E-state index in [-0.39, 0.29) is 16.5 Å². The average molecular weight is 379 g/mol. The van der Waals surface area contributed by atoms with E-state index < -0.39 is 10.0 Å². The summed E-state index contributed by atoms with van der Waals surface area (Å²) in [4.78, 5) is 0.0525. The van der Waals surface area contributed by atoms with Gasteiger partial charge in [0.2, 0.25) is 10.0 Å². The maximum Gasteiger partial charge on any atom is 0.244 e. The van der Waals surface area contributed by atoms with E-state index in [0.717, 1.165) is 11.3 Å². The van der Waals surface area contributed by atoms with Crippen molar-refractivity contribution >= 4 is 10.0 Å². The van der Waals surface area contributed by atoms with Gasteiger partial charge in [-0.15, -0.1) is 5.10 Å². The lowest BCUT2D eigenvalue weighted by Crippen LogP contribution is -2.30. The van der Waals surface area contributed by atoms with Crippen LogP contribution in [0.25, 0.3) is 11.3 Å². The first-order valence-corrected chi connectivity index (χ1v) is 10.00. The number of nitrogens with zero attached hydrogens (tertiary/aromatic N) is 5. The van der Waals surface area contributed by atoms with Crippen LogP contribution in [0.2, 0.25) is 0 Å². The second kappa shape index (κ2) is 6.95. The minimum Gasteiger partial charge on any atom is -0.247 e. The quantitative estimate of drug-likeness (QED) is 0.694. The van der Waals surface area contributed by atoms with Crippen LogP contribution in [0, 0.1) is 11.3 Å². The normalized spacial score (nSPS) is 17.7. The zero-order valence-corrected chi connectivity index (χ0v) is 15.2. The van der Waals surface area contributed by atoms with Gasteiger partial charge < -0.3 is 0 Å². The first-order chi connectivity index (χ1) is 13.1. The van der Waals surface area contributed by atoms with Crippen LogP contribution in [0.3, 0.4) is 0 Å². The Morgan fingerprint density at radius 2 is 1.81 bits per heavy atom. The van der Waals surface area contributed by atoms with E-state index in [1.807, 2.05) is 42.6 Å². The van der Waals surface area contributed by atoms with E-state index in [2.05, 4.69) is 10.3 Å². The second-order valence-corrected chi connectivity index (χ2v) is 8.27. The van der Waals surface area contributed by atoms with Crippen molar-refractivity contribution < 1.29 is 8.42 Å². The lowest BCUT2D eigenvalue weighted by molar-refractivity contribution is 0.428. The fourth-order valence-electron chi connectivity index (χ4n) is 3.26. The molecule has 0 amide bonds. The smallest absolute Gasteiger partial charge is 0.244 e. The lowest BCUT2D eigenvalue weighted by atomic mass is 10.2. The molecule has 0 bridgehead atoms. The largest absolute Gasteiger partial charge is 0.247 e. The number of sulfonamides is 1. The summed E-state index contributed by atoms with van der Waals surface area (Å²) in [6.07, 6.45) is 2.49. The summed E-state index contributed by atoms with van der Waals surface area (Å²) >= 11 is 0. The SMILES string of the molecule is N#Cc1ccccc1S(=O)(=O)N1CCC(n2cc(-c3ccccc3)nn2)C1. The third-order valence-electron chi connectivity index (χ3n) is 4.71. The van der Waals surface area contributed by atoms with Crippen LogP contribution in [-0.2, 0) is 10.0 Å². The van der Waals surface area contributed by atoms with Crippen molar-refractivity contribution in [1.29, 1.82) is 5.26 Å². The number of nitriles is 1. The van der Waals surface area contributed by atoms with Gasteiger partial charge in [-0.2, -0.15) is 9.57 Å². The molecular weight excluding hydrogens is 362 g/mol. The van der Waals surface area contributed by atoms with Crippen LogP contribution >= 0.6 is 0 Å². The molecule has 4 rings (SSSR count). The molecule has 2 aromatic carbocycles. The van der Waals surface area contributed by atoms with Gasteiger partial charge in [0.15, 0.2) is 0 Å². The van der Waals surface area contributed by atoms with Crippen molar-refractivity contribution in [3.63, 3.8) is 0 Å². The summed E-state index contributed by atoms with van der Waals surface area (Å²) in [6, 6.07) is 17.9. The summed E-state index contributed by atoms with van der Waals surface area (Å²) in [6.45, 7) is 0.687. The van der Waals surface area contributed by atoms with Crippen molar-refractivity contribution in [1.82, 2.24) is 19.3 Å². The fourth-order valence-corrected chi connectivity index (χ4v) is 4.90. The van der Waals surface area contributed by atoms with Crippen LogP contribution in [0.4, 0.5) is 0 Å². The Balaban J connectivity index is 1.56. The highest BCUT2D eigenvalue weighted by molar-refractivity contribution is 7.89. The van der Waals surface area contributed by atoms with Gasteiger partial charge in [-0.1, -0.05) is 47.7 Å². The highest BCUT2D eigenvalue weighted by atomic mass is 32.2. The highest BCUT2D eigenvalue weighted by Crippen LogP contribution is 2.29. The number of aromatic nitrogens is 3. The Morgan fingerprint density at radius 1 is 1.07 bits per heavy atom. The van der Waals surface area contributed by atoms with Gasteiger partial charge >= 0.3 is 0 Å². The monoisotopic (exact) mass is 379 g/mol. The highest BCUT2D eigenvalue weighted by Gasteiger charge is 2.35. The molecular formula is C19H17N5O2S. The topological polar surface area (TPSA) is 91.9 Å². The van der Waals surface area contributed by atoms with E-state index in [0.29, 0.717) is 19.5 Å². The van der Waals surface area contributed by atoms with E-state index in [1.165, 1.54) is 16.4 Å². The van der Waals surface area contributed by atoms with Gasteiger partial charge in [0.1, 0.15) is 11.8 Å². The molecule has 136 valence electrons. The van der Waals surface area contributed by atoms with Crippen molar-refractivity contribution in [2.45, 2.75) is 17.4 Å². The Morgan fingerprint density at radius 3 is 2.59 bits per heavy atom. The molecule has 1 aromatic heterocycles. The molecule has 7 nitrogen and oxygen atoms in total. The van der Waals surface area contributed by atoms with Gasteiger partial charge in [-0.3, -0.25) is 0 Å². The molecule has 0 aliphatic carbocycles. The van der Waals surface area contributed by atoms with Crippen molar-refractivity contribution in [3.05, 3.63) is 66.4 Å². The summed E-state index contributed by atoms with van der Waals surface area (Å²) in [5.74, 6) is 0. The second-order valence-electron chi connectivity index (χ2n) is 6.36. The van der Waals surface area contributed by atoms with Gasteiger partial charge in [0, 0.05) is 18.7 Å². The van der Waals surface area contributed by atoms with Crippen molar-refractivity contribution in [2.75, 3.05) is 13.1 Å². The fraction of sp³-hybridized carbons (Fsp3) is 0.211. The van der Waals surface area contributed by atoms with E-state index in [4.69, 9.17) is 0 Å². The van der Waals surface area contributed by atoms with Crippen LogP contribution in [0.15, 0.2) is 65.7 Å². The summed E-state index contributed by atoms with van der Waals surface area (Å²) in [7, 11) is -3.72. The Kier molecular flexibility index (Phi) is 4.48. The zero-order valence-electron chi connectivity index (χ0n) is 14.4. The van der Waals surface area contributed by atoms with Gasteiger partial charge in [-0.05, 0) is 18.6 Å². The number of hydrogen-bond acceptors (Lipinski definition) is 5. The van der Waals surface area contributed by atoms with Crippen LogP contribution < -0.4 is 0 Å². The summed E-state index contributed by atoms with van der Waals surface area (Å²) in [5.41, 5.74) is 1.88. The molecule has 0 radical (unpaired) electrons. The van der Waals surface area contributed by atoms with Gasteiger partial charge in [0.25, 0.3) is 0 Å². The minimum atomic E-state index is -3.72. The van der Waals surface area contributed by atoms with E-state index in [9.17, 15) is 13.7 Å². The van der Waals surface area contributed by atoms with Crippen molar-refractivity contribution in [3.8, 4) is 17.3 Å². The molecule has 3 aromatic rings. The number of hydrogen-bond donors (Lipinski definition) is 0. The minimum absolute atomic E-state index is 0.0525. The molecule has 0 spiro atoms. The zero-order chi connectivity index (χ0) is 18.9. The number of benzene rings is 2. The van der Waals surface area contributed by atoms with Crippen LogP contribution in [-0.4, -0.2) is 40.8 Å². The molecule has 0 N–H and O–H groups in total. The molecule has 8 heteroatoms. The molecule has 1 fully saturated rings. The summed E-state index contributed by atoms with van der Waals surface area (Å²) in [5, 5.41) is 17.6. The predicted octanol–water partition coefficient (Wildman–Crippen LogP) is 2.45. The Hall–Kier alpha value is -3.02. The predicted molar refractivity (Wildman–Crippen MR) is 99.0 cm³/mol. The standard InChI is InChI=1S/C19H17N5O2S/c20-12-16-8-4-5-9-19(16)27(25,26)23-11-10-17(13-23)24-14-18(21-22-24)15-6-2-1-3-7-15/h1-9,14,17H,10-11,13H2. The molecule has 1 unspecified atom stereocenters. The van der Waals surface area contributed by atoms with E-state index >= 15 is 0 Å². The third kappa shape index (κ3) is 3.23. The molecule has 27 heavy (non-hydrogen) atoms. The lowest BCUT2D eigenvalue weighted by Gasteiger charge is -2.17. The maximum atomic E-state index is 12.9. The Labute approximate surface area is 157 Å². The molecule has 1 atom stereocenters. The van der Waals surface area contributed by atoms with Crippen LogP contribution in [0.5, 0.6) is 0 Å². The molecule has 1 aliphatic rings. The van der Waals surface area contributed by atoms with Gasteiger partial charge in [-0.25, -0.2) is 13.1 Å². The maximum absolute atomic E-state index is 12.9. The first kappa shape index (κ1) is 17.4. The number of rotatable bonds is 4. The van der Waals surface area contributed by atoms with Crippen molar-refractivity contribution in [2.24, 2.45) is 0 Å². The molecule has 2 heterocycles. The Bertz CT molecular complexity index is 1100. The van der Waals surface area contributed by atoms with E-state index in [1.54, 1.807) is 16.8 Å². The molecule has 0 saturated carbocycles. The molecule has 1 saturated heterocycles. The van der Waals surface area contributed by atoms with Crippen LogP contribution in [0.1, 0.15) is 18.0 Å². The third-order valence-corrected chi connectivity index (χ3v) is 6.63. The first-order valence-electron chi connectivity index (χ1n) is 8.56.